The summed E-state index contributed by atoms with van der Waals surface area (Å²) in [6, 6.07) is 9.08. The Labute approximate surface area is 220 Å². The number of alkyl halides is 3. The number of likely N-dealkylation sites (tertiary alicyclic amines) is 1. The lowest BCUT2D eigenvalue weighted by Crippen LogP contribution is -2.36. The molecule has 5 rings (SSSR count). The van der Waals surface area contributed by atoms with Crippen LogP contribution in [0.15, 0.2) is 47.5 Å². The summed E-state index contributed by atoms with van der Waals surface area (Å²) in [5.74, 6) is -0.245. The Morgan fingerprint density at radius 3 is 2.71 bits per heavy atom. The first-order valence-electron chi connectivity index (χ1n) is 12.0. The molecule has 0 saturated carbocycles. The van der Waals surface area contributed by atoms with E-state index >= 15 is 0 Å². The molecule has 2 aromatic carbocycles. The van der Waals surface area contributed by atoms with Gasteiger partial charge in [0.2, 0.25) is 0 Å². The Hall–Kier alpha value is -3.35. The van der Waals surface area contributed by atoms with Crippen LogP contribution in [-0.2, 0) is 17.5 Å². The molecule has 1 N–H and O–H groups in total. The van der Waals surface area contributed by atoms with Crippen LogP contribution in [0.25, 0.3) is 17.0 Å². The van der Waals surface area contributed by atoms with Crippen molar-refractivity contribution in [1.82, 2.24) is 19.6 Å². The maximum Gasteiger partial charge on any atom is 0.416 e. The molecule has 2 aliphatic rings. The Balaban J connectivity index is 1.32. The highest BCUT2D eigenvalue weighted by atomic mass is 32.2. The molecule has 0 radical (unpaired) electrons. The lowest BCUT2D eigenvalue weighted by atomic mass is 10.1. The number of carbonyl (C=O) groups excluding carboxylic acids is 2. The largest absolute Gasteiger partial charge is 0.497 e. The van der Waals surface area contributed by atoms with E-state index in [9.17, 15) is 27.9 Å². The summed E-state index contributed by atoms with van der Waals surface area (Å²) in [6.07, 6.45) is -1.04. The number of hydrogen-bond donors (Lipinski definition) is 1. The van der Waals surface area contributed by atoms with Crippen LogP contribution in [0.1, 0.15) is 23.1 Å². The predicted molar refractivity (Wildman–Crippen MR) is 137 cm³/mol. The van der Waals surface area contributed by atoms with E-state index < -0.39 is 11.7 Å². The molecule has 2 fully saturated rings. The van der Waals surface area contributed by atoms with E-state index in [-0.39, 0.29) is 41.7 Å². The summed E-state index contributed by atoms with van der Waals surface area (Å²) in [7, 11) is 1.31. The molecule has 2 aliphatic heterocycles. The number of aliphatic hydroxyl groups excluding tert-OH is 1. The minimum absolute atomic E-state index is 0.0597. The van der Waals surface area contributed by atoms with Crippen molar-refractivity contribution >= 4 is 39.9 Å². The molecule has 200 valence electrons. The number of benzene rings is 2. The van der Waals surface area contributed by atoms with Crippen LogP contribution in [0.3, 0.4) is 0 Å². The molecule has 2 saturated heterocycles. The Morgan fingerprint density at radius 1 is 1.18 bits per heavy atom. The Morgan fingerprint density at radius 2 is 2.00 bits per heavy atom. The SMILES string of the molecule is COc1ccc(Cn2ncc3cc(C=C4SC(=O)N(CCN5CC[C@H](O)C5)C4=O)ccc32)c(C(F)(F)F)c1. The van der Waals surface area contributed by atoms with Crippen LogP contribution < -0.4 is 4.74 Å². The average Bonchev–Trinajstić information content (AvgIpc) is 3.55. The minimum atomic E-state index is -4.54. The fraction of sp³-hybridized carbons (Fsp3) is 0.346. The van der Waals surface area contributed by atoms with Gasteiger partial charge in [0.1, 0.15) is 5.75 Å². The van der Waals surface area contributed by atoms with Crippen molar-refractivity contribution in [3.05, 3.63) is 64.2 Å². The number of hydrogen-bond acceptors (Lipinski definition) is 7. The molecule has 3 heterocycles. The zero-order valence-electron chi connectivity index (χ0n) is 20.4. The normalized spacial score (nSPS) is 19.9. The third-order valence-corrected chi connectivity index (χ3v) is 7.57. The molecule has 38 heavy (non-hydrogen) atoms. The monoisotopic (exact) mass is 546 g/mol. The maximum atomic E-state index is 13.6. The van der Waals surface area contributed by atoms with Crippen molar-refractivity contribution in [3.8, 4) is 5.75 Å². The predicted octanol–water partition coefficient (Wildman–Crippen LogP) is 4.21. The van der Waals surface area contributed by atoms with Crippen molar-refractivity contribution < 1.29 is 32.6 Å². The second kappa shape index (κ2) is 10.4. The number of carbonyl (C=O) groups is 2. The first-order chi connectivity index (χ1) is 18.1. The quantitative estimate of drug-likeness (QED) is 0.444. The first kappa shape index (κ1) is 26.3. The fourth-order valence-electron chi connectivity index (χ4n) is 4.67. The van der Waals surface area contributed by atoms with Gasteiger partial charge in [-0.3, -0.25) is 24.1 Å². The number of β-amino-alcohol motifs (C(OH)–C–C–N with tert-alkyl or cyclic N) is 1. The number of aliphatic hydroxyl groups is 1. The molecule has 0 aliphatic carbocycles. The minimum Gasteiger partial charge on any atom is -0.497 e. The summed E-state index contributed by atoms with van der Waals surface area (Å²) >= 11 is 0.872. The second-order valence-electron chi connectivity index (χ2n) is 9.22. The number of halogens is 3. The molecular formula is C26H25F3N4O4S. The summed E-state index contributed by atoms with van der Waals surface area (Å²) in [5, 5.41) is 14.3. The average molecular weight is 547 g/mol. The van der Waals surface area contributed by atoms with Gasteiger partial charge >= 0.3 is 6.18 Å². The van der Waals surface area contributed by atoms with E-state index in [1.54, 1.807) is 30.5 Å². The highest BCUT2D eigenvalue weighted by Crippen LogP contribution is 2.36. The number of nitrogens with zero attached hydrogens (tertiary/aromatic N) is 4. The van der Waals surface area contributed by atoms with Gasteiger partial charge in [-0.15, -0.1) is 0 Å². The van der Waals surface area contributed by atoms with Crippen molar-refractivity contribution in [2.24, 2.45) is 0 Å². The first-order valence-corrected chi connectivity index (χ1v) is 12.8. The number of thioether (sulfide) groups is 1. The third kappa shape index (κ3) is 5.42. The molecule has 1 aromatic heterocycles. The van der Waals surface area contributed by atoms with Crippen LogP contribution in [-0.4, -0.2) is 75.2 Å². The highest BCUT2D eigenvalue weighted by Gasteiger charge is 2.36. The van der Waals surface area contributed by atoms with Crippen molar-refractivity contribution in [3.63, 3.8) is 0 Å². The van der Waals surface area contributed by atoms with E-state index in [0.29, 0.717) is 40.9 Å². The summed E-state index contributed by atoms with van der Waals surface area (Å²) in [6.45, 7) is 1.95. The standard InChI is InChI=1S/C26H25F3N4O4S/c1-37-20-4-3-17(21(12-20)26(27,28)29)14-33-22-5-2-16(10-18(22)13-30-33)11-23-24(35)32(25(36)38-23)9-8-31-7-6-19(34)15-31/h2-5,10-13,19,34H,6-9,14-15H2,1H3/t19-/m0/s1. The van der Waals surface area contributed by atoms with Crippen LogP contribution in [0.4, 0.5) is 18.0 Å². The smallest absolute Gasteiger partial charge is 0.416 e. The van der Waals surface area contributed by atoms with Crippen molar-refractivity contribution in [2.75, 3.05) is 33.3 Å². The lowest BCUT2D eigenvalue weighted by Gasteiger charge is -2.18. The summed E-state index contributed by atoms with van der Waals surface area (Å²) in [5.41, 5.74) is 0.580. The molecule has 3 aromatic rings. The number of imide groups is 1. The maximum absolute atomic E-state index is 13.6. The molecule has 2 amide bonds. The van der Waals surface area contributed by atoms with E-state index in [0.717, 1.165) is 24.4 Å². The van der Waals surface area contributed by atoms with Gasteiger partial charge in [0.25, 0.3) is 11.1 Å². The zero-order chi connectivity index (χ0) is 27.0. The number of amides is 2. The third-order valence-electron chi connectivity index (χ3n) is 6.67. The fourth-order valence-corrected chi connectivity index (χ4v) is 5.53. The molecule has 8 nitrogen and oxygen atoms in total. The van der Waals surface area contributed by atoms with Crippen LogP contribution in [0, 0.1) is 0 Å². The molecule has 0 bridgehead atoms. The van der Waals surface area contributed by atoms with Crippen molar-refractivity contribution in [1.29, 1.82) is 0 Å². The van der Waals surface area contributed by atoms with Gasteiger partial charge in [-0.05, 0) is 59.7 Å². The van der Waals surface area contributed by atoms with E-state index in [4.69, 9.17) is 4.74 Å². The highest BCUT2D eigenvalue weighted by molar-refractivity contribution is 8.18. The van der Waals surface area contributed by atoms with E-state index in [1.807, 2.05) is 4.90 Å². The van der Waals surface area contributed by atoms with Gasteiger partial charge in [0, 0.05) is 31.6 Å². The number of methoxy groups -OCH3 is 1. The topological polar surface area (TPSA) is 87.9 Å². The number of fused-ring (bicyclic) bond motifs is 1. The summed E-state index contributed by atoms with van der Waals surface area (Å²) < 4.78 is 47.3. The lowest BCUT2D eigenvalue weighted by molar-refractivity contribution is -0.138. The molecule has 1 atom stereocenters. The molecule has 12 heteroatoms. The second-order valence-corrected chi connectivity index (χ2v) is 10.2. The van der Waals surface area contributed by atoms with E-state index in [1.165, 1.54) is 28.8 Å². The number of rotatable bonds is 7. The van der Waals surface area contributed by atoms with Crippen LogP contribution in [0.5, 0.6) is 5.75 Å². The van der Waals surface area contributed by atoms with Crippen LogP contribution in [0.2, 0.25) is 0 Å². The summed E-state index contributed by atoms with van der Waals surface area (Å²) in [4.78, 5) is 28.8. The molecular weight excluding hydrogens is 521 g/mol. The number of ether oxygens (including phenoxy) is 1. The van der Waals surface area contributed by atoms with Gasteiger partial charge in [-0.1, -0.05) is 12.1 Å². The number of aromatic nitrogens is 2. The Kier molecular flexibility index (Phi) is 7.21. The van der Waals surface area contributed by atoms with Gasteiger partial charge in [-0.2, -0.15) is 18.3 Å². The van der Waals surface area contributed by atoms with Crippen molar-refractivity contribution in [2.45, 2.75) is 25.2 Å². The Bertz CT molecular complexity index is 1420. The van der Waals surface area contributed by atoms with Gasteiger partial charge in [0.15, 0.2) is 0 Å². The van der Waals surface area contributed by atoms with Gasteiger partial charge in [0.05, 0.1) is 41.9 Å². The van der Waals surface area contributed by atoms with Crippen LogP contribution >= 0.6 is 11.8 Å². The van der Waals surface area contributed by atoms with E-state index in [2.05, 4.69) is 5.10 Å². The molecule has 0 unspecified atom stereocenters. The zero-order valence-corrected chi connectivity index (χ0v) is 21.3. The molecule has 0 spiro atoms. The van der Waals surface area contributed by atoms with Gasteiger partial charge < -0.3 is 9.84 Å². The van der Waals surface area contributed by atoms with Gasteiger partial charge in [-0.25, -0.2) is 0 Å².